The third kappa shape index (κ3) is 4.65. The molecule has 0 radical (unpaired) electrons. The lowest BCUT2D eigenvalue weighted by molar-refractivity contribution is -0.113. The fraction of sp³-hybridized carbons (Fsp3) is 0.286. The number of halogens is 3. The number of amides is 1. The van der Waals surface area contributed by atoms with Gasteiger partial charge in [-0.2, -0.15) is 0 Å². The van der Waals surface area contributed by atoms with Crippen LogP contribution in [-0.2, 0) is 4.79 Å². The molecule has 0 spiro atoms. The molecule has 1 aliphatic carbocycles. The Morgan fingerprint density at radius 2 is 1.83 bits per heavy atom. The highest BCUT2D eigenvalue weighted by Gasteiger charge is 2.26. The number of carbonyl (C=O) groups is 1. The van der Waals surface area contributed by atoms with Crippen LogP contribution in [-0.4, -0.2) is 26.4 Å². The zero-order valence-electron chi connectivity index (χ0n) is 15.9. The van der Waals surface area contributed by atoms with Crippen molar-refractivity contribution in [3.8, 4) is 11.4 Å². The van der Waals surface area contributed by atoms with E-state index in [2.05, 4.69) is 20.1 Å². The minimum Gasteiger partial charge on any atom is -0.325 e. The zero-order chi connectivity index (χ0) is 21.1. The number of hydrogen-bond donors (Lipinski definition) is 1. The van der Waals surface area contributed by atoms with Gasteiger partial charge in [0.25, 0.3) is 0 Å². The summed E-state index contributed by atoms with van der Waals surface area (Å²) in [4.78, 5) is 12.3. The lowest BCUT2D eigenvalue weighted by Crippen LogP contribution is -2.15. The lowest BCUT2D eigenvalue weighted by atomic mass is 10.2. The summed E-state index contributed by atoms with van der Waals surface area (Å²) < 4.78 is 28.7. The van der Waals surface area contributed by atoms with E-state index in [4.69, 9.17) is 11.6 Å². The van der Waals surface area contributed by atoms with Crippen molar-refractivity contribution in [1.82, 2.24) is 14.8 Å². The third-order valence-corrected chi connectivity index (χ3v) is 6.22. The molecule has 3 aromatic rings. The summed E-state index contributed by atoms with van der Waals surface area (Å²) in [5, 5.41) is 12.4. The summed E-state index contributed by atoms with van der Waals surface area (Å²) >= 11 is 7.61. The first-order valence-electron chi connectivity index (χ1n) is 9.60. The topological polar surface area (TPSA) is 59.8 Å². The number of hydrogen-bond acceptors (Lipinski definition) is 4. The normalized spacial score (nSPS) is 14.2. The number of rotatable bonds is 6. The van der Waals surface area contributed by atoms with E-state index in [1.807, 2.05) is 24.3 Å². The number of nitrogens with zero attached hydrogens (tertiary/aromatic N) is 3. The number of thioether (sulfide) groups is 1. The van der Waals surface area contributed by atoms with Gasteiger partial charge in [0, 0.05) is 23.4 Å². The SMILES string of the molecule is O=C(CSc1nnc(-c2ccccc2Cl)n1C1CCCC1)Nc1cc(F)cc(F)c1. The van der Waals surface area contributed by atoms with Gasteiger partial charge in [-0.05, 0) is 37.1 Å². The highest BCUT2D eigenvalue weighted by atomic mass is 35.5. The van der Waals surface area contributed by atoms with Gasteiger partial charge < -0.3 is 5.32 Å². The van der Waals surface area contributed by atoms with Gasteiger partial charge in [-0.25, -0.2) is 8.78 Å². The monoisotopic (exact) mass is 448 g/mol. The van der Waals surface area contributed by atoms with Gasteiger partial charge in [-0.1, -0.05) is 48.3 Å². The largest absolute Gasteiger partial charge is 0.325 e. The maximum atomic E-state index is 13.3. The molecule has 1 heterocycles. The number of aromatic nitrogens is 3. The molecular weight excluding hydrogens is 430 g/mol. The highest BCUT2D eigenvalue weighted by molar-refractivity contribution is 7.99. The van der Waals surface area contributed by atoms with Crippen LogP contribution in [0.4, 0.5) is 14.5 Å². The highest BCUT2D eigenvalue weighted by Crippen LogP contribution is 2.38. The number of nitrogens with one attached hydrogen (secondary N) is 1. The Bertz CT molecular complexity index is 1050. The zero-order valence-corrected chi connectivity index (χ0v) is 17.5. The van der Waals surface area contributed by atoms with Crippen molar-refractivity contribution >= 4 is 35.0 Å². The van der Waals surface area contributed by atoms with E-state index in [0.717, 1.165) is 49.4 Å². The summed E-state index contributed by atoms with van der Waals surface area (Å²) in [6, 6.07) is 10.6. The molecule has 0 atom stereocenters. The van der Waals surface area contributed by atoms with Gasteiger partial charge in [-0.15, -0.1) is 10.2 Å². The van der Waals surface area contributed by atoms with Crippen LogP contribution in [0, 0.1) is 11.6 Å². The van der Waals surface area contributed by atoms with E-state index in [1.54, 1.807) is 0 Å². The molecule has 1 aromatic heterocycles. The Labute approximate surface area is 181 Å². The van der Waals surface area contributed by atoms with Crippen molar-refractivity contribution in [3.05, 3.63) is 59.1 Å². The second-order valence-corrected chi connectivity index (χ2v) is 8.44. The Balaban J connectivity index is 1.54. The molecule has 9 heteroatoms. The van der Waals surface area contributed by atoms with E-state index in [0.29, 0.717) is 16.0 Å². The van der Waals surface area contributed by atoms with Gasteiger partial charge >= 0.3 is 0 Å². The first-order chi connectivity index (χ1) is 14.5. The van der Waals surface area contributed by atoms with E-state index in [9.17, 15) is 13.6 Å². The van der Waals surface area contributed by atoms with Crippen LogP contribution in [0.15, 0.2) is 47.6 Å². The molecule has 0 bridgehead atoms. The second-order valence-electron chi connectivity index (χ2n) is 7.09. The Morgan fingerprint density at radius 3 is 2.53 bits per heavy atom. The fourth-order valence-corrected chi connectivity index (χ4v) is 4.67. The average molecular weight is 449 g/mol. The van der Waals surface area contributed by atoms with E-state index in [1.165, 1.54) is 11.8 Å². The molecule has 5 nitrogen and oxygen atoms in total. The Morgan fingerprint density at radius 1 is 1.13 bits per heavy atom. The fourth-order valence-electron chi connectivity index (χ4n) is 3.65. The van der Waals surface area contributed by atoms with Crippen LogP contribution >= 0.6 is 23.4 Å². The Hall–Kier alpha value is -2.45. The smallest absolute Gasteiger partial charge is 0.234 e. The number of anilines is 1. The van der Waals surface area contributed by atoms with Crippen molar-refractivity contribution in [1.29, 1.82) is 0 Å². The number of carbonyl (C=O) groups excluding carboxylic acids is 1. The minimum atomic E-state index is -0.747. The molecule has 1 aliphatic rings. The lowest BCUT2D eigenvalue weighted by Gasteiger charge is -2.17. The van der Waals surface area contributed by atoms with Crippen molar-refractivity contribution < 1.29 is 13.6 Å². The van der Waals surface area contributed by atoms with Crippen molar-refractivity contribution in [3.63, 3.8) is 0 Å². The van der Waals surface area contributed by atoms with Crippen LogP contribution in [0.2, 0.25) is 5.02 Å². The van der Waals surface area contributed by atoms with Crippen molar-refractivity contribution in [2.24, 2.45) is 0 Å². The predicted molar refractivity (Wildman–Crippen MR) is 114 cm³/mol. The quantitative estimate of drug-likeness (QED) is 0.490. The summed E-state index contributed by atoms with van der Waals surface area (Å²) in [6.45, 7) is 0. The summed E-state index contributed by atoms with van der Waals surface area (Å²) in [5.74, 6) is -1.16. The van der Waals surface area contributed by atoms with Gasteiger partial charge in [-0.3, -0.25) is 9.36 Å². The van der Waals surface area contributed by atoms with Gasteiger partial charge in [0.2, 0.25) is 5.91 Å². The van der Waals surface area contributed by atoms with Crippen LogP contribution in [0.25, 0.3) is 11.4 Å². The molecule has 0 aliphatic heterocycles. The van der Waals surface area contributed by atoms with E-state index < -0.39 is 11.6 Å². The van der Waals surface area contributed by atoms with Gasteiger partial charge in [0.15, 0.2) is 11.0 Å². The number of benzene rings is 2. The van der Waals surface area contributed by atoms with Crippen LogP contribution in [0.5, 0.6) is 0 Å². The minimum absolute atomic E-state index is 0.0332. The first-order valence-corrected chi connectivity index (χ1v) is 11.0. The van der Waals surface area contributed by atoms with Crippen molar-refractivity contribution in [2.45, 2.75) is 36.9 Å². The molecule has 30 heavy (non-hydrogen) atoms. The Kier molecular flexibility index (Phi) is 6.34. The molecule has 1 fully saturated rings. The maximum Gasteiger partial charge on any atom is 0.234 e. The second kappa shape index (κ2) is 9.14. The van der Waals surface area contributed by atoms with Gasteiger partial charge in [0.05, 0.1) is 10.8 Å². The molecule has 4 rings (SSSR count). The first kappa shape index (κ1) is 20.8. The van der Waals surface area contributed by atoms with Crippen LogP contribution in [0.1, 0.15) is 31.7 Å². The molecule has 0 saturated heterocycles. The van der Waals surface area contributed by atoms with Crippen LogP contribution < -0.4 is 5.32 Å². The molecule has 0 unspecified atom stereocenters. The average Bonchev–Trinajstić information content (AvgIpc) is 3.35. The van der Waals surface area contributed by atoms with Crippen molar-refractivity contribution in [2.75, 3.05) is 11.1 Å². The van der Waals surface area contributed by atoms with E-state index in [-0.39, 0.29) is 23.4 Å². The molecule has 2 aromatic carbocycles. The predicted octanol–water partition coefficient (Wildman–Crippen LogP) is 5.72. The summed E-state index contributed by atoms with van der Waals surface area (Å²) in [6.07, 6.45) is 4.27. The molecule has 1 amide bonds. The standard InChI is InChI=1S/C21H19ClF2N4OS/c22-18-8-4-3-7-17(18)20-26-27-21(28(20)16-5-1-2-6-16)30-12-19(29)25-15-10-13(23)9-14(24)11-15/h3-4,7-11,16H,1-2,5-6,12H2,(H,25,29). The molecular formula is C21H19ClF2N4OS. The third-order valence-electron chi connectivity index (χ3n) is 4.95. The molecule has 156 valence electrons. The maximum absolute atomic E-state index is 13.3. The summed E-state index contributed by atoms with van der Waals surface area (Å²) in [7, 11) is 0. The van der Waals surface area contributed by atoms with E-state index >= 15 is 0 Å². The van der Waals surface area contributed by atoms with Gasteiger partial charge in [0.1, 0.15) is 11.6 Å². The molecule has 1 N–H and O–H groups in total. The van der Waals surface area contributed by atoms with Crippen LogP contribution in [0.3, 0.4) is 0 Å². The molecule has 1 saturated carbocycles. The summed E-state index contributed by atoms with van der Waals surface area (Å²) in [5.41, 5.74) is 0.872.